The van der Waals surface area contributed by atoms with Gasteiger partial charge < -0.3 is 4.98 Å². The molecule has 0 spiro atoms. The quantitative estimate of drug-likeness (QED) is 0.448. The van der Waals surface area contributed by atoms with Crippen molar-refractivity contribution in [2.75, 3.05) is 0 Å². The van der Waals surface area contributed by atoms with Crippen molar-refractivity contribution in [1.29, 1.82) is 0 Å². The van der Waals surface area contributed by atoms with Gasteiger partial charge in [-0.25, -0.2) is 0 Å². The van der Waals surface area contributed by atoms with Crippen molar-refractivity contribution in [3.63, 3.8) is 0 Å². The van der Waals surface area contributed by atoms with Crippen molar-refractivity contribution >= 4 is 16.3 Å². The van der Waals surface area contributed by atoms with Gasteiger partial charge in [-0.2, -0.15) is 5.70 Å². The second-order valence-electron chi connectivity index (χ2n) is 9.20. The van der Waals surface area contributed by atoms with Gasteiger partial charge in [0.2, 0.25) is 0 Å². The minimum Gasteiger partial charge on any atom is -0.691 e. The van der Waals surface area contributed by atoms with Crippen molar-refractivity contribution in [3.8, 4) is 0 Å². The molecule has 0 aliphatic carbocycles. The van der Waals surface area contributed by atoms with Gasteiger partial charge in [0.25, 0.3) is 0 Å². The van der Waals surface area contributed by atoms with Gasteiger partial charge in [-0.1, -0.05) is 79.8 Å². The molecule has 0 amide bonds. The van der Waals surface area contributed by atoms with Crippen LogP contribution in [0.25, 0.3) is 4.98 Å². The highest BCUT2D eigenvalue weighted by atomic mass is 28.3. The third-order valence-corrected chi connectivity index (χ3v) is 7.16. The fourth-order valence-corrected chi connectivity index (χ4v) is 5.06. The van der Waals surface area contributed by atoms with Crippen LogP contribution >= 0.6 is 0 Å². The molecule has 0 heterocycles. The number of rotatable bonds is 7. The molecular formula is C17H38NSi2-. The lowest BCUT2D eigenvalue weighted by Crippen LogP contribution is -2.29. The van der Waals surface area contributed by atoms with Crippen LogP contribution in [0.15, 0.2) is 11.8 Å². The Morgan fingerprint density at radius 3 is 1.85 bits per heavy atom. The summed E-state index contributed by atoms with van der Waals surface area (Å²) in [6.45, 7) is 23.7. The first-order valence-corrected chi connectivity index (χ1v) is 15.2. The molecule has 1 unspecified atom stereocenters. The highest BCUT2D eigenvalue weighted by Gasteiger charge is 2.25. The van der Waals surface area contributed by atoms with Gasteiger partial charge in [0.05, 0.1) is 8.07 Å². The maximum absolute atomic E-state index is 5.16. The Bertz CT molecular complexity index is 313. The zero-order valence-corrected chi connectivity index (χ0v) is 17.7. The largest absolute Gasteiger partial charge is 0.691 e. The molecule has 0 aromatic rings. The molecule has 0 aromatic carbocycles. The molecule has 0 bridgehead atoms. The first kappa shape index (κ1) is 20.0. The average molecular weight is 313 g/mol. The predicted octanol–water partition coefficient (Wildman–Crippen LogP) is 7.02. The predicted molar refractivity (Wildman–Crippen MR) is 101 cm³/mol. The Morgan fingerprint density at radius 2 is 1.55 bits per heavy atom. The maximum atomic E-state index is 5.16. The van der Waals surface area contributed by atoms with Crippen molar-refractivity contribution in [1.82, 2.24) is 0 Å². The average Bonchev–Trinajstić information content (AvgIpc) is 2.17. The molecule has 20 heavy (non-hydrogen) atoms. The summed E-state index contributed by atoms with van der Waals surface area (Å²) in [5.74, 6) is 0. The Balaban J connectivity index is 5.37. The maximum Gasteiger partial charge on any atom is 0.0513 e. The van der Waals surface area contributed by atoms with Crippen LogP contribution in [0.5, 0.6) is 0 Å². The molecule has 120 valence electrons. The standard InChI is InChI=1S/C17H38NSi2/c1-11-12-13-15(19(5,6)7)14-16(17(2,3)4)18-20(8,9)10/h14-15H,11-13H2,1-10H3/q-1/b16-14+. The van der Waals surface area contributed by atoms with Crippen LogP contribution < -0.4 is 0 Å². The fraction of sp³-hybridized carbons (Fsp3) is 0.882. The fourth-order valence-electron chi connectivity index (χ4n) is 2.20. The number of allylic oxidation sites excluding steroid dienone is 2. The van der Waals surface area contributed by atoms with E-state index in [4.69, 9.17) is 4.98 Å². The Morgan fingerprint density at radius 1 is 1.05 bits per heavy atom. The Labute approximate surface area is 130 Å². The van der Waals surface area contributed by atoms with Gasteiger partial charge >= 0.3 is 0 Å². The van der Waals surface area contributed by atoms with E-state index < -0.39 is 16.3 Å². The molecule has 0 aliphatic rings. The Kier molecular flexibility index (Phi) is 7.29. The molecule has 0 saturated carbocycles. The van der Waals surface area contributed by atoms with Crippen molar-refractivity contribution in [3.05, 3.63) is 16.8 Å². The number of nitrogens with zero attached hydrogens (tertiary/aromatic N) is 1. The van der Waals surface area contributed by atoms with E-state index >= 15 is 0 Å². The lowest BCUT2D eigenvalue weighted by molar-refractivity contribution is 0.510. The summed E-state index contributed by atoms with van der Waals surface area (Å²) in [6, 6.07) is 0. The van der Waals surface area contributed by atoms with Gasteiger partial charge in [-0.05, 0) is 25.6 Å². The molecular weight excluding hydrogens is 274 g/mol. The van der Waals surface area contributed by atoms with E-state index in [-0.39, 0.29) is 5.41 Å². The smallest absolute Gasteiger partial charge is 0.0513 e. The van der Waals surface area contributed by atoms with Gasteiger partial charge in [-0.3, -0.25) is 0 Å². The lowest BCUT2D eigenvalue weighted by atomic mass is 9.91. The van der Waals surface area contributed by atoms with E-state index in [0.29, 0.717) is 0 Å². The van der Waals surface area contributed by atoms with Crippen LogP contribution in [0.4, 0.5) is 0 Å². The number of hydrogen-bond acceptors (Lipinski definition) is 0. The zero-order valence-electron chi connectivity index (χ0n) is 15.7. The van der Waals surface area contributed by atoms with Gasteiger partial charge in [0.15, 0.2) is 0 Å². The molecule has 0 rings (SSSR count). The first-order valence-electron chi connectivity index (χ1n) is 8.22. The molecule has 0 aliphatic heterocycles. The van der Waals surface area contributed by atoms with Crippen LogP contribution in [0, 0.1) is 5.41 Å². The second-order valence-corrected chi connectivity index (χ2v) is 19.2. The highest BCUT2D eigenvalue weighted by Crippen LogP contribution is 2.39. The first-order chi connectivity index (χ1) is 8.77. The zero-order chi connectivity index (χ0) is 16.2. The normalized spacial score (nSPS) is 16.2. The van der Waals surface area contributed by atoms with Gasteiger partial charge in [-0.15, -0.1) is 6.08 Å². The minimum atomic E-state index is -1.42. The van der Waals surface area contributed by atoms with Crippen LogP contribution in [-0.4, -0.2) is 16.3 Å². The van der Waals surface area contributed by atoms with Crippen LogP contribution in [0.3, 0.4) is 0 Å². The molecule has 1 nitrogen and oxygen atoms in total. The third-order valence-electron chi connectivity index (χ3n) is 3.56. The summed E-state index contributed by atoms with van der Waals surface area (Å²) in [5, 5.41) is 0. The van der Waals surface area contributed by atoms with Crippen molar-refractivity contribution < 1.29 is 0 Å². The van der Waals surface area contributed by atoms with Gasteiger partial charge in [0.1, 0.15) is 0 Å². The topological polar surface area (TPSA) is 14.1 Å². The molecule has 0 aromatic heterocycles. The molecule has 3 heteroatoms. The lowest BCUT2D eigenvalue weighted by Gasteiger charge is -2.46. The summed E-state index contributed by atoms with van der Waals surface area (Å²) in [5.41, 5.74) is 2.29. The van der Waals surface area contributed by atoms with Crippen LogP contribution in [0.1, 0.15) is 47.0 Å². The monoisotopic (exact) mass is 312 g/mol. The minimum absolute atomic E-state index is 0.171. The van der Waals surface area contributed by atoms with Gasteiger partial charge in [0, 0.05) is 0 Å². The third kappa shape index (κ3) is 8.30. The van der Waals surface area contributed by atoms with E-state index in [1.54, 1.807) is 0 Å². The van der Waals surface area contributed by atoms with Crippen LogP contribution in [0.2, 0.25) is 44.8 Å². The summed E-state index contributed by atoms with van der Waals surface area (Å²) in [7, 11) is -2.58. The van der Waals surface area contributed by atoms with E-state index in [1.165, 1.54) is 25.0 Å². The summed E-state index contributed by atoms with van der Waals surface area (Å²) >= 11 is 0. The Hall–Kier alpha value is -0.0262. The van der Waals surface area contributed by atoms with Crippen molar-refractivity contribution in [2.24, 2.45) is 5.41 Å². The molecule has 1 atom stereocenters. The van der Waals surface area contributed by atoms with E-state index in [2.05, 4.69) is 73.1 Å². The van der Waals surface area contributed by atoms with E-state index in [1.807, 2.05) is 0 Å². The molecule has 0 radical (unpaired) electrons. The summed E-state index contributed by atoms with van der Waals surface area (Å²) < 4.78 is 0. The van der Waals surface area contributed by atoms with E-state index in [0.717, 1.165) is 5.54 Å². The second kappa shape index (κ2) is 7.30. The summed E-state index contributed by atoms with van der Waals surface area (Å²) in [4.78, 5) is 5.16. The number of unbranched alkanes of at least 4 members (excludes halogenated alkanes) is 1. The highest BCUT2D eigenvalue weighted by molar-refractivity contribution is 6.81. The molecule has 0 N–H and O–H groups in total. The SMILES string of the molecule is CCCCC(/C=C(/[N-][Si](C)(C)C)C(C)(C)C)[Si](C)(C)C. The summed E-state index contributed by atoms with van der Waals surface area (Å²) in [6.07, 6.45) is 6.54. The van der Waals surface area contributed by atoms with Crippen LogP contribution in [-0.2, 0) is 0 Å². The van der Waals surface area contributed by atoms with E-state index in [9.17, 15) is 0 Å². The number of hydrogen-bond donors (Lipinski definition) is 0. The molecule has 0 saturated heterocycles. The molecule has 0 fully saturated rings. The van der Waals surface area contributed by atoms with Crippen molar-refractivity contribution in [2.45, 2.75) is 91.8 Å².